The van der Waals surface area contributed by atoms with E-state index in [4.69, 9.17) is 4.98 Å². The molecule has 5 aromatic heterocycles. The number of hydrogen-bond donors (Lipinski definition) is 3. The topological polar surface area (TPSA) is 95.2 Å². The zero-order valence-electron chi connectivity index (χ0n) is 18.1. The van der Waals surface area contributed by atoms with E-state index in [-0.39, 0.29) is 0 Å². The smallest absolute Gasteiger partial charge is 0.159 e. The SMILES string of the molecule is CC(C)Nc1cncc(-c2cc3c(-c4nc5c(-c6ccsc6)cccc5[nH]4)n[nH]c3cn2)c1. The van der Waals surface area contributed by atoms with Crippen LogP contribution in [-0.4, -0.2) is 36.2 Å². The van der Waals surface area contributed by atoms with Gasteiger partial charge in [0.2, 0.25) is 0 Å². The Morgan fingerprint density at radius 1 is 1.00 bits per heavy atom. The van der Waals surface area contributed by atoms with E-state index in [1.165, 1.54) is 5.56 Å². The normalized spacial score (nSPS) is 11.6. The summed E-state index contributed by atoms with van der Waals surface area (Å²) in [5, 5.41) is 16.2. The van der Waals surface area contributed by atoms with Gasteiger partial charge in [0.05, 0.1) is 34.1 Å². The van der Waals surface area contributed by atoms with Crippen molar-refractivity contribution in [1.82, 2.24) is 30.1 Å². The Balaban J connectivity index is 1.45. The maximum atomic E-state index is 4.93. The number of anilines is 1. The molecule has 0 spiro atoms. The van der Waals surface area contributed by atoms with Crippen LogP contribution in [0.3, 0.4) is 0 Å². The quantitative estimate of drug-likeness (QED) is 0.294. The average Bonchev–Trinajstić information content (AvgIpc) is 3.57. The molecule has 0 fully saturated rings. The van der Waals surface area contributed by atoms with Crippen LogP contribution in [0.1, 0.15) is 13.8 Å². The number of rotatable bonds is 5. The summed E-state index contributed by atoms with van der Waals surface area (Å²) >= 11 is 1.68. The Hall–Kier alpha value is -4.04. The minimum atomic E-state index is 0.324. The van der Waals surface area contributed by atoms with Gasteiger partial charge in [0, 0.05) is 34.9 Å². The molecule has 8 heteroatoms. The largest absolute Gasteiger partial charge is 0.382 e. The van der Waals surface area contributed by atoms with Crippen LogP contribution in [0.15, 0.2) is 65.7 Å². The molecule has 7 nitrogen and oxygen atoms in total. The molecule has 0 aliphatic heterocycles. The Morgan fingerprint density at radius 3 is 2.79 bits per heavy atom. The van der Waals surface area contributed by atoms with Gasteiger partial charge in [0.1, 0.15) is 5.69 Å². The fourth-order valence-corrected chi connectivity index (χ4v) is 4.70. The van der Waals surface area contributed by atoms with Gasteiger partial charge < -0.3 is 10.3 Å². The summed E-state index contributed by atoms with van der Waals surface area (Å²) in [5.74, 6) is 0.726. The molecule has 6 aromatic rings. The number of thiophene rings is 1. The van der Waals surface area contributed by atoms with E-state index in [0.717, 1.165) is 56.0 Å². The van der Waals surface area contributed by atoms with Crippen molar-refractivity contribution in [2.24, 2.45) is 0 Å². The fourth-order valence-electron chi connectivity index (χ4n) is 4.04. The lowest BCUT2D eigenvalue weighted by Crippen LogP contribution is -2.09. The summed E-state index contributed by atoms with van der Waals surface area (Å²) < 4.78 is 0. The minimum Gasteiger partial charge on any atom is -0.382 e. The Labute approximate surface area is 194 Å². The lowest BCUT2D eigenvalue weighted by molar-refractivity contribution is 0.898. The number of nitrogens with zero attached hydrogens (tertiary/aromatic N) is 4. The molecule has 0 saturated heterocycles. The number of aromatic amines is 2. The summed E-state index contributed by atoms with van der Waals surface area (Å²) in [6.45, 7) is 4.21. The zero-order valence-corrected chi connectivity index (χ0v) is 18.9. The van der Waals surface area contributed by atoms with E-state index in [1.807, 2.05) is 36.8 Å². The van der Waals surface area contributed by atoms with Crippen molar-refractivity contribution >= 4 is 39.0 Å². The van der Waals surface area contributed by atoms with Crippen LogP contribution in [-0.2, 0) is 0 Å². The van der Waals surface area contributed by atoms with Gasteiger partial charge in [0.25, 0.3) is 0 Å². The number of H-pyrrole nitrogens is 2. The molecule has 6 rings (SSSR count). The average molecular weight is 452 g/mol. The van der Waals surface area contributed by atoms with Crippen LogP contribution < -0.4 is 5.32 Å². The van der Waals surface area contributed by atoms with Crippen LogP contribution in [0.5, 0.6) is 0 Å². The van der Waals surface area contributed by atoms with Gasteiger partial charge in [-0.2, -0.15) is 16.4 Å². The lowest BCUT2D eigenvalue weighted by Gasteiger charge is -2.10. The first-order valence-corrected chi connectivity index (χ1v) is 11.7. The first kappa shape index (κ1) is 19.6. The van der Waals surface area contributed by atoms with Crippen molar-refractivity contribution in [2.75, 3.05) is 5.32 Å². The number of benzene rings is 1. The van der Waals surface area contributed by atoms with Gasteiger partial charge in [0.15, 0.2) is 5.82 Å². The van der Waals surface area contributed by atoms with Gasteiger partial charge in [-0.15, -0.1) is 0 Å². The third-order valence-corrected chi connectivity index (χ3v) is 6.19. The van der Waals surface area contributed by atoms with Gasteiger partial charge in [-0.3, -0.25) is 15.1 Å². The second kappa shape index (κ2) is 7.83. The number of pyridine rings is 2. The second-order valence-electron chi connectivity index (χ2n) is 8.25. The number of fused-ring (bicyclic) bond motifs is 2. The summed E-state index contributed by atoms with van der Waals surface area (Å²) in [5.41, 5.74) is 8.57. The van der Waals surface area contributed by atoms with Gasteiger partial charge >= 0.3 is 0 Å². The Morgan fingerprint density at radius 2 is 1.94 bits per heavy atom. The highest BCUT2D eigenvalue weighted by atomic mass is 32.1. The molecule has 0 aliphatic carbocycles. The molecule has 162 valence electrons. The van der Waals surface area contributed by atoms with E-state index in [9.17, 15) is 0 Å². The van der Waals surface area contributed by atoms with Gasteiger partial charge in [-0.05, 0) is 54.4 Å². The van der Waals surface area contributed by atoms with Crippen molar-refractivity contribution in [3.8, 4) is 33.9 Å². The molecule has 0 aliphatic rings. The monoisotopic (exact) mass is 451 g/mol. The predicted molar refractivity (Wildman–Crippen MR) is 134 cm³/mol. The van der Waals surface area contributed by atoms with Crippen LogP contribution in [0.4, 0.5) is 5.69 Å². The molecule has 1 aromatic carbocycles. The number of imidazole rings is 1. The van der Waals surface area contributed by atoms with E-state index >= 15 is 0 Å². The highest BCUT2D eigenvalue weighted by molar-refractivity contribution is 7.08. The molecular formula is C25H21N7S. The van der Waals surface area contributed by atoms with Crippen molar-refractivity contribution in [2.45, 2.75) is 19.9 Å². The van der Waals surface area contributed by atoms with E-state index < -0.39 is 0 Å². The van der Waals surface area contributed by atoms with Gasteiger partial charge in [-0.25, -0.2) is 4.98 Å². The Bertz CT molecular complexity index is 1580. The highest BCUT2D eigenvalue weighted by Gasteiger charge is 2.16. The predicted octanol–water partition coefficient (Wildman–Crippen LogP) is 6.11. The van der Waals surface area contributed by atoms with Crippen LogP contribution >= 0.6 is 11.3 Å². The second-order valence-corrected chi connectivity index (χ2v) is 9.03. The molecule has 5 heterocycles. The van der Waals surface area contributed by atoms with Crippen molar-refractivity contribution in [1.29, 1.82) is 0 Å². The maximum Gasteiger partial charge on any atom is 0.159 e. The van der Waals surface area contributed by atoms with Crippen molar-refractivity contribution in [3.05, 3.63) is 65.7 Å². The number of para-hydroxylation sites is 1. The van der Waals surface area contributed by atoms with Gasteiger partial charge in [-0.1, -0.05) is 12.1 Å². The first-order chi connectivity index (χ1) is 16.2. The molecular weight excluding hydrogens is 430 g/mol. The molecule has 0 unspecified atom stereocenters. The number of hydrogen-bond acceptors (Lipinski definition) is 6. The van der Waals surface area contributed by atoms with Crippen molar-refractivity contribution < 1.29 is 0 Å². The highest BCUT2D eigenvalue weighted by Crippen LogP contribution is 2.33. The van der Waals surface area contributed by atoms with E-state index in [1.54, 1.807) is 11.3 Å². The van der Waals surface area contributed by atoms with E-state index in [0.29, 0.717) is 6.04 Å². The molecule has 0 atom stereocenters. The molecule has 3 N–H and O–H groups in total. The number of nitrogens with one attached hydrogen (secondary N) is 3. The molecule has 0 bridgehead atoms. The molecule has 33 heavy (non-hydrogen) atoms. The third kappa shape index (κ3) is 3.54. The Kier molecular flexibility index (Phi) is 4.66. The molecule has 0 saturated carbocycles. The number of aromatic nitrogens is 6. The van der Waals surface area contributed by atoms with Crippen LogP contribution in [0.25, 0.3) is 55.8 Å². The van der Waals surface area contributed by atoms with E-state index in [2.05, 4.69) is 73.3 Å². The minimum absolute atomic E-state index is 0.324. The summed E-state index contributed by atoms with van der Waals surface area (Å²) in [4.78, 5) is 17.4. The summed E-state index contributed by atoms with van der Waals surface area (Å²) in [6, 6.07) is 12.7. The summed E-state index contributed by atoms with van der Waals surface area (Å²) in [7, 11) is 0. The molecule has 0 amide bonds. The summed E-state index contributed by atoms with van der Waals surface area (Å²) in [6.07, 6.45) is 5.46. The van der Waals surface area contributed by atoms with Crippen LogP contribution in [0.2, 0.25) is 0 Å². The third-order valence-electron chi connectivity index (χ3n) is 5.51. The first-order valence-electron chi connectivity index (χ1n) is 10.7. The standard InChI is InChI=1S/C25H21N7S/c1-14(2)28-17-8-16(10-26-11-17)21-9-19-22(12-27-21)31-32-24(19)25-29-20-5-3-4-18(23(20)30-25)15-6-7-33-13-15/h3-14,28H,1-2H3,(H,29,30)(H,31,32). The molecule has 0 radical (unpaired) electrons. The zero-order chi connectivity index (χ0) is 22.4. The lowest BCUT2D eigenvalue weighted by atomic mass is 10.1. The maximum absolute atomic E-state index is 4.93. The van der Waals surface area contributed by atoms with Crippen LogP contribution in [0, 0.1) is 0 Å². The fraction of sp³-hybridized carbons (Fsp3) is 0.120. The van der Waals surface area contributed by atoms with Crippen molar-refractivity contribution in [3.63, 3.8) is 0 Å².